The Morgan fingerprint density at radius 2 is 2.12 bits per heavy atom. The third kappa shape index (κ3) is 4.18. The summed E-state index contributed by atoms with van der Waals surface area (Å²) in [7, 11) is 0. The van der Waals surface area contributed by atoms with Gasteiger partial charge in [-0.3, -0.25) is 4.98 Å². The van der Waals surface area contributed by atoms with E-state index in [9.17, 15) is 18.3 Å². The predicted molar refractivity (Wildman–Crippen MR) is 53.8 cm³/mol. The highest BCUT2D eigenvalue weighted by atomic mass is 19.4. The highest BCUT2D eigenvalue weighted by Crippen LogP contribution is 2.27. The third-order valence-corrected chi connectivity index (χ3v) is 2.36. The van der Waals surface area contributed by atoms with Crippen LogP contribution in [0.3, 0.4) is 0 Å². The van der Waals surface area contributed by atoms with Gasteiger partial charge in [-0.05, 0) is 37.0 Å². The van der Waals surface area contributed by atoms with Crippen LogP contribution in [0.15, 0.2) is 18.5 Å². The summed E-state index contributed by atoms with van der Waals surface area (Å²) >= 11 is 0. The van der Waals surface area contributed by atoms with Crippen LogP contribution in [0.2, 0.25) is 0 Å². The lowest BCUT2D eigenvalue weighted by Crippen LogP contribution is -2.08. The summed E-state index contributed by atoms with van der Waals surface area (Å²) in [5, 5.41) is 9.70. The van der Waals surface area contributed by atoms with Gasteiger partial charge in [0.25, 0.3) is 0 Å². The summed E-state index contributed by atoms with van der Waals surface area (Å²) in [6, 6.07) is 1.63. The van der Waals surface area contributed by atoms with E-state index in [0.717, 1.165) is 5.56 Å². The molecule has 1 aromatic heterocycles. The number of nitrogens with zero attached hydrogens (tertiary/aromatic N) is 1. The second-order valence-corrected chi connectivity index (χ2v) is 3.76. The molecule has 0 aliphatic heterocycles. The number of aromatic nitrogens is 1. The van der Waals surface area contributed by atoms with Crippen molar-refractivity contribution in [3.8, 4) is 0 Å². The molecular weight excluding hydrogens is 219 g/mol. The summed E-state index contributed by atoms with van der Waals surface area (Å²) in [5.74, 6) is 0. The molecule has 0 radical (unpaired) electrons. The highest BCUT2D eigenvalue weighted by Gasteiger charge is 2.26. The van der Waals surface area contributed by atoms with Crippen molar-refractivity contribution in [2.45, 2.75) is 38.5 Å². The molecule has 1 N–H and O–H groups in total. The van der Waals surface area contributed by atoms with Crippen LogP contribution in [0.5, 0.6) is 0 Å². The average molecular weight is 233 g/mol. The van der Waals surface area contributed by atoms with Crippen LogP contribution in [0.4, 0.5) is 13.2 Å². The summed E-state index contributed by atoms with van der Waals surface area (Å²) < 4.78 is 35.7. The molecule has 0 fully saturated rings. The number of pyridine rings is 1. The predicted octanol–water partition coefficient (Wildman–Crippen LogP) is 3.16. The van der Waals surface area contributed by atoms with Gasteiger partial charge in [0.05, 0.1) is 6.10 Å². The molecule has 0 bridgehead atoms. The monoisotopic (exact) mass is 233 g/mol. The van der Waals surface area contributed by atoms with Crippen LogP contribution in [0.1, 0.15) is 36.5 Å². The smallest absolute Gasteiger partial charge is 0.388 e. The number of aliphatic hydroxyl groups excluding tert-OH is 1. The molecule has 0 amide bonds. The maximum atomic E-state index is 11.9. The summed E-state index contributed by atoms with van der Waals surface area (Å²) in [4.78, 5) is 3.86. The van der Waals surface area contributed by atoms with Gasteiger partial charge in [0.1, 0.15) is 0 Å². The second kappa shape index (κ2) is 5.30. The van der Waals surface area contributed by atoms with Crippen LogP contribution in [-0.2, 0) is 0 Å². The Morgan fingerprint density at radius 3 is 2.69 bits per heavy atom. The zero-order valence-electron chi connectivity index (χ0n) is 8.96. The minimum atomic E-state index is -4.15. The number of halogens is 3. The van der Waals surface area contributed by atoms with E-state index in [0.29, 0.717) is 5.56 Å². The fourth-order valence-electron chi connectivity index (χ4n) is 1.51. The zero-order chi connectivity index (χ0) is 12.2. The molecule has 16 heavy (non-hydrogen) atoms. The van der Waals surface area contributed by atoms with Crippen LogP contribution in [0.25, 0.3) is 0 Å². The van der Waals surface area contributed by atoms with Gasteiger partial charge in [-0.15, -0.1) is 0 Å². The molecule has 1 atom stereocenters. The number of aryl methyl sites for hydroxylation is 1. The van der Waals surface area contributed by atoms with Gasteiger partial charge in [0.15, 0.2) is 0 Å². The molecule has 90 valence electrons. The molecule has 1 rings (SSSR count). The van der Waals surface area contributed by atoms with Gasteiger partial charge in [0.2, 0.25) is 0 Å². The fourth-order valence-corrected chi connectivity index (χ4v) is 1.51. The zero-order valence-corrected chi connectivity index (χ0v) is 8.96. The van der Waals surface area contributed by atoms with Crippen molar-refractivity contribution in [3.05, 3.63) is 29.6 Å². The van der Waals surface area contributed by atoms with Crippen LogP contribution in [0, 0.1) is 6.92 Å². The van der Waals surface area contributed by atoms with E-state index in [1.165, 1.54) is 6.20 Å². The lowest BCUT2D eigenvalue weighted by atomic mass is 10.0. The first kappa shape index (κ1) is 13.0. The number of aliphatic hydroxyl groups is 1. The van der Waals surface area contributed by atoms with Gasteiger partial charge < -0.3 is 5.11 Å². The minimum absolute atomic E-state index is 0.0631. The largest absolute Gasteiger partial charge is 0.389 e. The SMILES string of the molecule is Cc1cnccc1C(O)CCCC(F)(F)F. The van der Waals surface area contributed by atoms with Gasteiger partial charge >= 0.3 is 6.18 Å². The molecule has 0 aliphatic rings. The van der Waals surface area contributed by atoms with E-state index in [4.69, 9.17) is 0 Å². The molecule has 0 saturated heterocycles. The Kier molecular flexibility index (Phi) is 4.29. The van der Waals surface area contributed by atoms with E-state index in [1.807, 2.05) is 0 Å². The normalized spacial score (nSPS) is 13.8. The quantitative estimate of drug-likeness (QED) is 0.866. The summed E-state index contributed by atoms with van der Waals surface area (Å²) in [5.41, 5.74) is 1.44. The fraction of sp³-hybridized carbons (Fsp3) is 0.545. The van der Waals surface area contributed by atoms with Crippen molar-refractivity contribution >= 4 is 0 Å². The average Bonchev–Trinajstić information content (AvgIpc) is 2.16. The standard InChI is InChI=1S/C11H14F3NO/c1-8-7-15-6-4-9(8)10(16)3-2-5-11(12,13)14/h4,6-7,10,16H,2-3,5H2,1H3. The first-order chi connectivity index (χ1) is 7.40. The van der Waals surface area contributed by atoms with Gasteiger partial charge in [-0.25, -0.2) is 0 Å². The minimum Gasteiger partial charge on any atom is -0.388 e. The highest BCUT2D eigenvalue weighted by molar-refractivity contribution is 5.23. The number of hydrogen-bond acceptors (Lipinski definition) is 2. The lowest BCUT2D eigenvalue weighted by Gasteiger charge is -2.13. The van der Waals surface area contributed by atoms with Gasteiger partial charge in [-0.2, -0.15) is 13.2 Å². The van der Waals surface area contributed by atoms with E-state index in [-0.39, 0.29) is 12.8 Å². The Labute approximate surface area is 92.1 Å². The molecule has 0 aliphatic carbocycles. The summed E-state index contributed by atoms with van der Waals surface area (Å²) in [6.45, 7) is 1.77. The lowest BCUT2D eigenvalue weighted by molar-refractivity contribution is -0.136. The van der Waals surface area contributed by atoms with Crippen molar-refractivity contribution in [1.29, 1.82) is 0 Å². The molecule has 1 heterocycles. The molecule has 0 aromatic carbocycles. The molecule has 5 heteroatoms. The Bertz CT molecular complexity index is 338. The molecule has 0 spiro atoms. The first-order valence-corrected chi connectivity index (χ1v) is 5.05. The van der Waals surface area contributed by atoms with Crippen molar-refractivity contribution in [2.75, 3.05) is 0 Å². The van der Waals surface area contributed by atoms with Crippen molar-refractivity contribution < 1.29 is 18.3 Å². The molecule has 1 unspecified atom stereocenters. The maximum absolute atomic E-state index is 11.9. The van der Waals surface area contributed by atoms with Crippen molar-refractivity contribution in [3.63, 3.8) is 0 Å². The summed E-state index contributed by atoms with van der Waals surface area (Å²) in [6.07, 6.45) is -2.68. The number of hydrogen-bond donors (Lipinski definition) is 1. The third-order valence-electron chi connectivity index (χ3n) is 2.36. The number of rotatable bonds is 4. The van der Waals surface area contributed by atoms with Crippen molar-refractivity contribution in [1.82, 2.24) is 4.98 Å². The Morgan fingerprint density at radius 1 is 1.44 bits per heavy atom. The van der Waals surface area contributed by atoms with Crippen LogP contribution >= 0.6 is 0 Å². The van der Waals surface area contributed by atoms with Crippen molar-refractivity contribution in [2.24, 2.45) is 0 Å². The topological polar surface area (TPSA) is 33.1 Å². The molecule has 0 saturated carbocycles. The van der Waals surface area contributed by atoms with Crippen LogP contribution in [-0.4, -0.2) is 16.3 Å². The van der Waals surface area contributed by atoms with Gasteiger partial charge in [-0.1, -0.05) is 0 Å². The molecule has 1 aromatic rings. The second-order valence-electron chi connectivity index (χ2n) is 3.76. The van der Waals surface area contributed by atoms with E-state index in [2.05, 4.69) is 4.98 Å². The van der Waals surface area contributed by atoms with Crippen LogP contribution < -0.4 is 0 Å². The van der Waals surface area contributed by atoms with E-state index >= 15 is 0 Å². The Balaban J connectivity index is 2.47. The molecule has 2 nitrogen and oxygen atoms in total. The van der Waals surface area contributed by atoms with E-state index in [1.54, 1.807) is 19.2 Å². The van der Waals surface area contributed by atoms with E-state index < -0.39 is 18.7 Å². The Hall–Kier alpha value is -1.10. The first-order valence-electron chi connectivity index (χ1n) is 5.05. The maximum Gasteiger partial charge on any atom is 0.389 e. The number of alkyl halides is 3. The van der Waals surface area contributed by atoms with Gasteiger partial charge in [0, 0.05) is 18.8 Å². The molecular formula is C11H14F3NO.